The first kappa shape index (κ1) is 14.2. The number of aldehydes is 1. The summed E-state index contributed by atoms with van der Waals surface area (Å²) in [7, 11) is 0. The number of fused-ring (bicyclic) bond motifs is 3. The minimum absolute atomic E-state index is 0.0141. The van der Waals surface area contributed by atoms with Crippen LogP contribution in [-0.4, -0.2) is 17.2 Å². The predicted octanol–water partition coefficient (Wildman–Crippen LogP) is 3.14. The highest BCUT2D eigenvalue weighted by Gasteiger charge is 2.51. The Morgan fingerprint density at radius 3 is 2.84 bits per heavy atom. The molecule has 0 saturated carbocycles. The third kappa shape index (κ3) is 1.92. The van der Waals surface area contributed by atoms with E-state index in [0.29, 0.717) is 36.5 Å². The minimum atomic E-state index is -0.568. The number of carbonyl (C=O) groups is 2. The van der Waals surface area contributed by atoms with E-state index in [1.165, 1.54) is 0 Å². The highest BCUT2D eigenvalue weighted by Crippen LogP contribution is 2.47. The van der Waals surface area contributed by atoms with Crippen molar-refractivity contribution in [2.45, 2.75) is 18.3 Å². The molecule has 5 heteroatoms. The molecule has 1 atom stereocenters. The van der Waals surface area contributed by atoms with Gasteiger partial charge in [-0.3, -0.25) is 9.59 Å². The molecule has 1 aromatic carbocycles. The molecule has 1 aliphatic heterocycles. The van der Waals surface area contributed by atoms with Gasteiger partial charge in [0.25, 0.3) is 0 Å². The quantitative estimate of drug-likeness (QED) is 0.733. The summed E-state index contributed by atoms with van der Waals surface area (Å²) in [5.74, 6) is 1.65. The van der Waals surface area contributed by atoms with Crippen molar-refractivity contribution in [1.82, 2.24) is 4.98 Å². The Bertz CT molecular complexity index is 1040. The van der Waals surface area contributed by atoms with Crippen molar-refractivity contribution in [3.05, 3.63) is 71.1 Å². The number of pyridine rings is 1. The molecular weight excluding hydrogens is 316 g/mol. The zero-order chi connectivity index (χ0) is 17.0. The number of hydrogen-bond donors (Lipinski definition) is 1. The first-order valence-electron chi connectivity index (χ1n) is 8.14. The Labute approximate surface area is 143 Å². The molecule has 3 heterocycles. The van der Waals surface area contributed by atoms with Gasteiger partial charge in [0, 0.05) is 17.3 Å². The van der Waals surface area contributed by atoms with Crippen LogP contribution in [0.25, 0.3) is 11.3 Å². The van der Waals surface area contributed by atoms with Crippen molar-refractivity contribution in [1.29, 1.82) is 0 Å². The van der Waals surface area contributed by atoms with E-state index in [2.05, 4.69) is 16.4 Å². The summed E-state index contributed by atoms with van der Waals surface area (Å²) in [6.07, 6.45) is 3.70. The molecule has 25 heavy (non-hydrogen) atoms. The van der Waals surface area contributed by atoms with Gasteiger partial charge in [-0.15, -0.1) is 0 Å². The fourth-order valence-corrected chi connectivity index (χ4v) is 3.99. The Kier molecular flexibility index (Phi) is 2.77. The molecule has 0 fully saturated rings. The van der Waals surface area contributed by atoms with Gasteiger partial charge < -0.3 is 9.73 Å². The largest absolute Gasteiger partial charge is 0.453 e. The summed E-state index contributed by atoms with van der Waals surface area (Å²) in [5, 5.41) is 2.91. The maximum absolute atomic E-state index is 12.7. The highest BCUT2D eigenvalue weighted by atomic mass is 16.3. The summed E-state index contributed by atoms with van der Waals surface area (Å²) in [6.45, 7) is 0. The van der Waals surface area contributed by atoms with E-state index < -0.39 is 5.41 Å². The van der Waals surface area contributed by atoms with E-state index in [9.17, 15) is 9.59 Å². The van der Waals surface area contributed by atoms with E-state index >= 15 is 0 Å². The first-order chi connectivity index (χ1) is 12.2. The number of nitrogens with zero attached hydrogens (tertiary/aromatic N) is 1. The Balaban J connectivity index is 1.57. The van der Waals surface area contributed by atoms with Crippen LogP contribution in [0, 0.1) is 0 Å². The number of amides is 1. The van der Waals surface area contributed by atoms with E-state index in [4.69, 9.17) is 4.42 Å². The Morgan fingerprint density at radius 2 is 2.00 bits per heavy atom. The van der Waals surface area contributed by atoms with Gasteiger partial charge in [-0.1, -0.05) is 18.2 Å². The summed E-state index contributed by atoms with van der Waals surface area (Å²) in [4.78, 5) is 27.8. The fraction of sp³-hybridized carbons (Fsp3) is 0.150. The molecule has 5 rings (SSSR count). The number of carbonyl (C=O) groups excluding carboxylic acids is 2. The topological polar surface area (TPSA) is 72.2 Å². The average Bonchev–Trinajstić information content (AvgIpc) is 3.32. The molecule has 3 aromatic rings. The van der Waals surface area contributed by atoms with Gasteiger partial charge in [-0.05, 0) is 48.2 Å². The van der Waals surface area contributed by atoms with Crippen molar-refractivity contribution >= 4 is 18.0 Å². The van der Waals surface area contributed by atoms with Gasteiger partial charge in [0.05, 0.1) is 5.41 Å². The molecule has 5 nitrogen and oxygen atoms in total. The number of nitrogens with one attached hydrogen (secondary N) is 1. The van der Waals surface area contributed by atoms with Gasteiger partial charge in [0.15, 0.2) is 12.0 Å². The summed E-state index contributed by atoms with van der Waals surface area (Å²) >= 11 is 0. The second-order valence-corrected chi connectivity index (χ2v) is 6.59. The Hall–Kier alpha value is -3.21. The molecular formula is C20H14N2O3. The summed E-state index contributed by atoms with van der Waals surface area (Å²) < 4.78 is 5.52. The second-order valence-electron chi connectivity index (χ2n) is 6.59. The third-order valence-electron chi connectivity index (χ3n) is 5.21. The van der Waals surface area contributed by atoms with E-state index in [1.54, 1.807) is 18.3 Å². The lowest BCUT2D eigenvalue weighted by Gasteiger charge is -2.20. The molecule has 2 aromatic heterocycles. The maximum Gasteiger partial charge on any atom is 0.237 e. The monoisotopic (exact) mass is 330 g/mol. The van der Waals surface area contributed by atoms with Crippen molar-refractivity contribution in [2.75, 3.05) is 5.32 Å². The normalized spacial score (nSPS) is 20.4. The van der Waals surface area contributed by atoms with Crippen LogP contribution in [0.15, 0.2) is 53.1 Å². The van der Waals surface area contributed by atoms with Crippen molar-refractivity contribution in [3.63, 3.8) is 0 Å². The molecule has 2 aliphatic rings. The number of furan rings is 1. The molecule has 0 bridgehead atoms. The number of aromatic nitrogens is 1. The number of benzene rings is 1. The summed E-state index contributed by atoms with van der Waals surface area (Å²) in [5.41, 5.74) is 3.61. The van der Waals surface area contributed by atoms with Crippen LogP contribution < -0.4 is 5.32 Å². The fourth-order valence-electron chi connectivity index (χ4n) is 3.99. The molecule has 1 amide bonds. The van der Waals surface area contributed by atoms with Crippen molar-refractivity contribution < 1.29 is 14.0 Å². The third-order valence-corrected chi connectivity index (χ3v) is 5.21. The molecule has 1 spiro atoms. The second kappa shape index (κ2) is 4.89. The van der Waals surface area contributed by atoms with Crippen molar-refractivity contribution in [2.24, 2.45) is 0 Å². The summed E-state index contributed by atoms with van der Waals surface area (Å²) in [6, 6.07) is 13.4. The Morgan fingerprint density at radius 1 is 1.12 bits per heavy atom. The zero-order valence-electron chi connectivity index (χ0n) is 13.3. The molecule has 122 valence electrons. The zero-order valence-corrected chi connectivity index (χ0v) is 13.3. The standard InChI is InChI=1S/C20H14N2O3/c23-11-15-5-6-17(25-15)12-3-4-13-9-20(10-14(13)8-12)16-2-1-7-21-18(16)22-19(20)24/h1-8,11H,9-10H2,(H,21,22,24). The lowest BCUT2D eigenvalue weighted by Crippen LogP contribution is -2.35. The van der Waals surface area contributed by atoms with Gasteiger partial charge in [-0.25, -0.2) is 4.98 Å². The van der Waals surface area contributed by atoms with E-state index in [1.807, 2.05) is 24.3 Å². The van der Waals surface area contributed by atoms with Crippen LogP contribution in [0.3, 0.4) is 0 Å². The van der Waals surface area contributed by atoms with Crippen LogP contribution in [0.5, 0.6) is 0 Å². The van der Waals surface area contributed by atoms with Gasteiger partial charge in [0.1, 0.15) is 11.6 Å². The van der Waals surface area contributed by atoms with Gasteiger partial charge in [-0.2, -0.15) is 0 Å². The van der Waals surface area contributed by atoms with E-state index in [0.717, 1.165) is 22.3 Å². The van der Waals surface area contributed by atoms with Crippen LogP contribution in [0.2, 0.25) is 0 Å². The number of hydrogen-bond acceptors (Lipinski definition) is 4. The minimum Gasteiger partial charge on any atom is -0.453 e. The molecule has 1 unspecified atom stereocenters. The molecule has 1 N–H and O–H groups in total. The smallest absolute Gasteiger partial charge is 0.237 e. The van der Waals surface area contributed by atoms with Crippen LogP contribution in [0.4, 0.5) is 5.82 Å². The van der Waals surface area contributed by atoms with Crippen LogP contribution >= 0.6 is 0 Å². The van der Waals surface area contributed by atoms with Gasteiger partial charge >= 0.3 is 0 Å². The molecule has 1 aliphatic carbocycles. The van der Waals surface area contributed by atoms with E-state index in [-0.39, 0.29) is 5.91 Å². The maximum atomic E-state index is 12.7. The average molecular weight is 330 g/mol. The lowest BCUT2D eigenvalue weighted by atomic mass is 9.79. The first-order valence-corrected chi connectivity index (χ1v) is 8.14. The predicted molar refractivity (Wildman–Crippen MR) is 91.5 cm³/mol. The number of rotatable bonds is 2. The van der Waals surface area contributed by atoms with Crippen LogP contribution in [0.1, 0.15) is 27.2 Å². The number of anilines is 1. The highest BCUT2D eigenvalue weighted by molar-refractivity contribution is 6.06. The lowest BCUT2D eigenvalue weighted by molar-refractivity contribution is -0.120. The van der Waals surface area contributed by atoms with Crippen molar-refractivity contribution in [3.8, 4) is 11.3 Å². The SMILES string of the molecule is O=Cc1ccc(-c2ccc3c(c2)CC2(C3)C(=O)Nc3ncccc32)o1. The van der Waals surface area contributed by atoms with Gasteiger partial charge in [0.2, 0.25) is 5.91 Å². The van der Waals surface area contributed by atoms with Crippen LogP contribution in [-0.2, 0) is 23.1 Å². The molecule has 0 radical (unpaired) electrons. The molecule has 0 saturated heterocycles.